The fraction of sp³-hybridized carbons (Fsp3) is 0.455. The lowest BCUT2D eigenvalue weighted by Gasteiger charge is -2.38. The Kier molecular flexibility index (Phi) is 2.44. The zero-order valence-electron chi connectivity index (χ0n) is 9.10. The highest BCUT2D eigenvalue weighted by Crippen LogP contribution is 2.28. The monoisotopic (exact) mass is 280 g/mol. The zero-order valence-corrected chi connectivity index (χ0v) is 10.7. The topological polar surface area (TPSA) is 34.0 Å². The summed E-state index contributed by atoms with van der Waals surface area (Å²) in [7, 11) is 0. The fourth-order valence-electron chi connectivity index (χ4n) is 2.16. The summed E-state index contributed by atoms with van der Waals surface area (Å²) in [5, 5.41) is 8.45. The third-order valence-corrected chi connectivity index (χ3v) is 3.81. The van der Waals surface area contributed by atoms with E-state index in [0.29, 0.717) is 6.04 Å². The number of aromatic nitrogens is 3. The van der Waals surface area contributed by atoms with E-state index >= 15 is 0 Å². The molecule has 16 heavy (non-hydrogen) atoms. The van der Waals surface area contributed by atoms with Crippen molar-refractivity contribution in [3.63, 3.8) is 0 Å². The van der Waals surface area contributed by atoms with Gasteiger partial charge in [-0.15, -0.1) is 5.10 Å². The lowest BCUT2D eigenvalue weighted by molar-refractivity contribution is 0.107. The van der Waals surface area contributed by atoms with Gasteiger partial charge < -0.3 is 0 Å². The van der Waals surface area contributed by atoms with Gasteiger partial charge in [-0.25, -0.2) is 4.68 Å². The molecule has 0 unspecified atom stereocenters. The summed E-state index contributed by atoms with van der Waals surface area (Å²) in [6, 6.07) is 6.51. The van der Waals surface area contributed by atoms with Crippen molar-refractivity contribution in [2.75, 3.05) is 19.6 Å². The molecule has 0 bridgehead atoms. The van der Waals surface area contributed by atoms with Gasteiger partial charge in [0, 0.05) is 17.6 Å². The number of rotatable bonds is 2. The zero-order chi connectivity index (χ0) is 11.1. The van der Waals surface area contributed by atoms with Crippen LogP contribution < -0.4 is 0 Å². The maximum absolute atomic E-state index is 4.26. The predicted molar refractivity (Wildman–Crippen MR) is 66.4 cm³/mol. The van der Waals surface area contributed by atoms with Crippen molar-refractivity contribution in [2.45, 2.75) is 13.0 Å². The molecule has 0 aliphatic carbocycles. The van der Waals surface area contributed by atoms with Crippen LogP contribution in [0.4, 0.5) is 0 Å². The first kappa shape index (κ1) is 10.2. The Morgan fingerprint density at radius 2 is 2.25 bits per heavy atom. The second-order valence-corrected chi connectivity index (χ2v) is 5.00. The minimum absolute atomic E-state index is 0.476. The molecule has 0 amide bonds. The van der Waals surface area contributed by atoms with Crippen molar-refractivity contribution >= 4 is 27.0 Å². The van der Waals surface area contributed by atoms with E-state index in [4.69, 9.17) is 0 Å². The average molecular weight is 281 g/mol. The number of halogens is 1. The third-order valence-electron chi connectivity index (χ3n) is 3.17. The number of benzene rings is 1. The molecule has 1 saturated heterocycles. The van der Waals surface area contributed by atoms with E-state index in [-0.39, 0.29) is 0 Å². The number of hydrogen-bond acceptors (Lipinski definition) is 3. The molecule has 0 atom stereocenters. The number of likely N-dealkylation sites (tertiary alicyclic amines) is 1. The summed E-state index contributed by atoms with van der Waals surface area (Å²) in [6.45, 7) is 5.46. The van der Waals surface area contributed by atoms with E-state index in [9.17, 15) is 0 Å². The molecule has 1 aromatic carbocycles. The summed E-state index contributed by atoms with van der Waals surface area (Å²) in [5.41, 5.74) is 2.08. The molecule has 84 valence electrons. The normalized spacial score (nSPS) is 17.9. The number of likely N-dealkylation sites (N-methyl/N-ethyl adjacent to an activating group) is 1. The van der Waals surface area contributed by atoms with Gasteiger partial charge in [0.05, 0.1) is 6.04 Å². The third kappa shape index (κ3) is 1.46. The molecule has 2 aromatic rings. The fourth-order valence-corrected chi connectivity index (χ4v) is 2.70. The van der Waals surface area contributed by atoms with Crippen LogP contribution in [-0.2, 0) is 0 Å². The molecule has 1 fully saturated rings. The van der Waals surface area contributed by atoms with E-state index in [2.05, 4.69) is 38.1 Å². The van der Waals surface area contributed by atoms with E-state index < -0.39 is 0 Å². The van der Waals surface area contributed by atoms with Gasteiger partial charge in [-0.1, -0.05) is 18.2 Å². The highest BCUT2D eigenvalue weighted by Gasteiger charge is 2.29. The molecule has 5 heteroatoms. The number of hydrogen-bond donors (Lipinski definition) is 0. The van der Waals surface area contributed by atoms with Gasteiger partial charge in [0.15, 0.2) is 0 Å². The Morgan fingerprint density at radius 1 is 1.44 bits per heavy atom. The van der Waals surface area contributed by atoms with Crippen LogP contribution in [0.5, 0.6) is 0 Å². The molecule has 0 spiro atoms. The molecule has 4 nitrogen and oxygen atoms in total. The van der Waals surface area contributed by atoms with E-state index in [1.165, 1.54) is 0 Å². The molecule has 2 heterocycles. The Balaban J connectivity index is 1.99. The minimum Gasteiger partial charge on any atom is -0.299 e. The van der Waals surface area contributed by atoms with Crippen molar-refractivity contribution in [3.05, 3.63) is 22.7 Å². The van der Waals surface area contributed by atoms with Gasteiger partial charge in [-0.05, 0) is 34.6 Å². The average Bonchev–Trinajstić information content (AvgIpc) is 2.62. The van der Waals surface area contributed by atoms with Gasteiger partial charge in [0.1, 0.15) is 11.0 Å². The van der Waals surface area contributed by atoms with Crippen LogP contribution >= 0.6 is 15.9 Å². The first-order valence-electron chi connectivity index (χ1n) is 5.51. The molecule has 1 aliphatic heterocycles. The van der Waals surface area contributed by atoms with Crippen LogP contribution in [0.3, 0.4) is 0 Å². The second kappa shape index (κ2) is 3.82. The van der Waals surface area contributed by atoms with Crippen molar-refractivity contribution < 1.29 is 0 Å². The summed E-state index contributed by atoms with van der Waals surface area (Å²) in [5.74, 6) is 0. The van der Waals surface area contributed by atoms with Crippen LogP contribution in [-0.4, -0.2) is 39.5 Å². The van der Waals surface area contributed by atoms with Crippen LogP contribution in [0.1, 0.15) is 13.0 Å². The molecular weight excluding hydrogens is 268 g/mol. The largest absolute Gasteiger partial charge is 0.299 e. The lowest BCUT2D eigenvalue weighted by atomic mass is 10.1. The van der Waals surface area contributed by atoms with Gasteiger partial charge in [-0.3, -0.25) is 4.90 Å². The molecule has 0 radical (unpaired) electrons. The minimum atomic E-state index is 0.476. The quantitative estimate of drug-likeness (QED) is 0.845. The molecule has 1 aliphatic rings. The van der Waals surface area contributed by atoms with E-state index in [1.807, 2.05) is 22.9 Å². The Bertz CT molecular complexity index is 516. The highest BCUT2D eigenvalue weighted by molar-refractivity contribution is 9.10. The van der Waals surface area contributed by atoms with Crippen LogP contribution in [0.15, 0.2) is 22.7 Å². The van der Waals surface area contributed by atoms with Crippen LogP contribution in [0.25, 0.3) is 11.0 Å². The SMILES string of the molecule is CCN1CC(n2nnc3cccc(Br)c32)C1. The van der Waals surface area contributed by atoms with Crippen molar-refractivity contribution in [1.82, 2.24) is 19.9 Å². The lowest BCUT2D eigenvalue weighted by Crippen LogP contribution is -2.47. The van der Waals surface area contributed by atoms with Gasteiger partial charge in [0.2, 0.25) is 0 Å². The Hall–Kier alpha value is -0.940. The molecule has 0 saturated carbocycles. The van der Waals surface area contributed by atoms with Gasteiger partial charge in [-0.2, -0.15) is 0 Å². The summed E-state index contributed by atoms with van der Waals surface area (Å²) in [6.07, 6.45) is 0. The Labute approximate surface area is 102 Å². The van der Waals surface area contributed by atoms with Crippen LogP contribution in [0.2, 0.25) is 0 Å². The summed E-state index contributed by atoms with van der Waals surface area (Å²) < 4.78 is 3.12. The first-order chi connectivity index (χ1) is 7.79. The molecule has 3 rings (SSSR count). The smallest absolute Gasteiger partial charge is 0.114 e. The van der Waals surface area contributed by atoms with Crippen LogP contribution in [0, 0.1) is 0 Å². The first-order valence-corrected chi connectivity index (χ1v) is 6.30. The predicted octanol–water partition coefficient (Wildman–Crippen LogP) is 2.07. The number of para-hydroxylation sites is 1. The number of fused-ring (bicyclic) bond motifs is 1. The molecular formula is C11H13BrN4. The molecule has 0 N–H and O–H groups in total. The maximum Gasteiger partial charge on any atom is 0.114 e. The van der Waals surface area contributed by atoms with Gasteiger partial charge >= 0.3 is 0 Å². The maximum atomic E-state index is 4.26. The number of nitrogens with zero attached hydrogens (tertiary/aromatic N) is 4. The summed E-state index contributed by atoms with van der Waals surface area (Å²) in [4.78, 5) is 2.40. The second-order valence-electron chi connectivity index (χ2n) is 4.15. The van der Waals surface area contributed by atoms with Crippen molar-refractivity contribution in [3.8, 4) is 0 Å². The van der Waals surface area contributed by atoms with Crippen molar-refractivity contribution in [2.24, 2.45) is 0 Å². The standard InChI is InChI=1S/C11H13BrN4/c1-2-15-6-8(7-15)16-11-9(12)4-3-5-10(11)13-14-16/h3-5,8H,2,6-7H2,1H3. The van der Waals surface area contributed by atoms with Crippen molar-refractivity contribution in [1.29, 1.82) is 0 Å². The molecule has 1 aromatic heterocycles. The van der Waals surface area contributed by atoms with E-state index in [0.717, 1.165) is 35.1 Å². The van der Waals surface area contributed by atoms with E-state index in [1.54, 1.807) is 0 Å². The Morgan fingerprint density at radius 3 is 3.00 bits per heavy atom. The van der Waals surface area contributed by atoms with Gasteiger partial charge in [0.25, 0.3) is 0 Å². The highest BCUT2D eigenvalue weighted by atomic mass is 79.9. The summed E-state index contributed by atoms with van der Waals surface area (Å²) >= 11 is 3.57.